The van der Waals surface area contributed by atoms with Crippen molar-refractivity contribution in [1.29, 1.82) is 0 Å². The van der Waals surface area contributed by atoms with Crippen molar-refractivity contribution in [2.24, 2.45) is 0 Å². The minimum atomic E-state index is -0.357. The van der Waals surface area contributed by atoms with Gasteiger partial charge in [0, 0.05) is 33.4 Å². The van der Waals surface area contributed by atoms with Crippen LogP contribution in [0.15, 0.2) is 121 Å². The van der Waals surface area contributed by atoms with E-state index in [1.54, 1.807) is 78.9 Å². The molecule has 34 heavy (non-hydrogen) atoms. The van der Waals surface area contributed by atoms with Crippen molar-refractivity contribution in [2.45, 2.75) is 0 Å². The second-order valence-corrected chi connectivity index (χ2v) is 7.98. The molecule has 5 rings (SSSR count). The molecule has 0 heterocycles. The van der Waals surface area contributed by atoms with E-state index in [2.05, 4.69) is 0 Å². The van der Waals surface area contributed by atoms with Crippen molar-refractivity contribution in [3.63, 3.8) is 0 Å². The zero-order valence-electron chi connectivity index (χ0n) is 18.3. The summed E-state index contributed by atoms with van der Waals surface area (Å²) in [5.41, 5.74) is 1.93. The zero-order chi connectivity index (χ0) is 23.5. The minimum Gasteiger partial charge on any atom is -0.289 e. The van der Waals surface area contributed by atoms with Crippen molar-refractivity contribution >= 4 is 28.1 Å². The van der Waals surface area contributed by atoms with Crippen LogP contribution in [0.1, 0.15) is 47.8 Å². The first-order valence-electron chi connectivity index (χ1n) is 11.0. The molecule has 3 nitrogen and oxygen atoms in total. The molecule has 0 N–H and O–H groups in total. The maximum Gasteiger partial charge on any atom is 0.194 e. The second-order valence-electron chi connectivity index (χ2n) is 7.98. The van der Waals surface area contributed by atoms with Gasteiger partial charge in [-0.25, -0.2) is 0 Å². The number of hydrogen-bond donors (Lipinski definition) is 0. The lowest BCUT2D eigenvalue weighted by molar-refractivity contribution is 0.0992. The van der Waals surface area contributed by atoms with Crippen LogP contribution in [0.5, 0.6) is 0 Å². The van der Waals surface area contributed by atoms with Crippen molar-refractivity contribution in [2.75, 3.05) is 0 Å². The van der Waals surface area contributed by atoms with Gasteiger partial charge < -0.3 is 0 Å². The lowest BCUT2D eigenvalue weighted by Crippen LogP contribution is -2.18. The molecule has 5 aromatic rings. The van der Waals surface area contributed by atoms with Gasteiger partial charge in [-0.3, -0.25) is 14.4 Å². The third-order valence-electron chi connectivity index (χ3n) is 5.86. The van der Waals surface area contributed by atoms with Crippen LogP contribution in [0, 0.1) is 0 Å². The zero-order valence-corrected chi connectivity index (χ0v) is 18.3. The Morgan fingerprint density at radius 2 is 0.824 bits per heavy atom. The number of carbonyl (C=O) groups is 3. The smallest absolute Gasteiger partial charge is 0.194 e. The van der Waals surface area contributed by atoms with E-state index < -0.39 is 0 Å². The average molecular weight is 440 g/mol. The fraction of sp³-hybridized carbons (Fsp3) is 0. The van der Waals surface area contributed by atoms with Crippen molar-refractivity contribution in [3.05, 3.63) is 155 Å². The fourth-order valence-electron chi connectivity index (χ4n) is 4.21. The van der Waals surface area contributed by atoms with Gasteiger partial charge >= 0.3 is 0 Å². The van der Waals surface area contributed by atoms with Gasteiger partial charge in [-0.05, 0) is 16.8 Å². The molecule has 0 spiro atoms. The lowest BCUT2D eigenvalue weighted by atomic mass is 9.83. The molecule has 5 aromatic carbocycles. The van der Waals surface area contributed by atoms with Gasteiger partial charge in [-0.1, -0.05) is 115 Å². The van der Waals surface area contributed by atoms with Crippen molar-refractivity contribution < 1.29 is 14.4 Å². The summed E-state index contributed by atoms with van der Waals surface area (Å²) in [7, 11) is 0. The first-order valence-corrected chi connectivity index (χ1v) is 11.0. The molecule has 0 unspecified atom stereocenters. The van der Waals surface area contributed by atoms with E-state index in [1.807, 2.05) is 42.5 Å². The first kappa shape index (κ1) is 21.2. The van der Waals surface area contributed by atoms with E-state index in [-0.39, 0.29) is 34.0 Å². The summed E-state index contributed by atoms with van der Waals surface area (Å²) in [4.78, 5) is 41.5. The van der Waals surface area contributed by atoms with Crippen LogP contribution < -0.4 is 0 Å². The summed E-state index contributed by atoms with van der Waals surface area (Å²) < 4.78 is 0. The molecule has 0 aliphatic carbocycles. The quantitative estimate of drug-likeness (QED) is 0.282. The van der Waals surface area contributed by atoms with E-state index in [4.69, 9.17) is 0 Å². The average Bonchev–Trinajstić information content (AvgIpc) is 2.92. The maximum absolute atomic E-state index is 13.9. The van der Waals surface area contributed by atoms with Gasteiger partial charge in [0.05, 0.1) is 0 Å². The first-order chi connectivity index (χ1) is 16.6. The number of rotatable bonds is 6. The monoisotopic (exact) mass is 440 g/mol. The Morgan fingerprint density at radius 1 is 0.412 bits per heavy atom. The molecule has 0 radical (unpaired) electrons. The summed E-state index contributed by atoms with van der Waals surface area (Å²) in [6, 6.07) is 35.5. The van der Waals surface area contributed by atoms with E-state index in [9.17, 15) is 14.4 Å². The molecule has 0 saturated carbocycles. The van der Waals surface area contributed by atoms with Crippen LogP contribution in [0.25, 0.3) is 10.8 Å². The highest BCUT2D eigenvalue weighted by molar-refractivity contribution is 6.29. The summed E-state index contributed by atoms with van der Waals surface area (Å²) in [5.74, 6) is -0.948. The minimum absolute atomic E-state index is 0.132. The third-order valence-corrected chi connectivity index (χ3v) is 5.86. The predicted molar refractivity (Wildman–Crippen MR) is 134 cm³/mol. The molecule has 0 atom stereocenters. The molecule has 0 aliphatic rings. The van der Waals surface area contributed by atoms with Crippen LogP contribution in [-0.4, -0.2) is 17.3 Å². The summed E-state index contributed by atoms with van der Waals surface area (Å²) in [6.07, 6.45) is 0. The van der Waals surface area contributed by atoms with E-state index in [1.165, 1.54) is 0 Å². The Balaban J connectivity index is 1.86. The van der Waals surface area contributed by atoms with Crippen molar-refractivity contribution in [3.8, 4) is 0 Å². The number of carbonyl (C=O) groups excluding carboxylic acids is 3. The van der Waals surface area contributed by atoms with Gasteiger partial charge in [0.15, 0.2) is 17.3 Å². The normalized spacial score (nSPS) is 10.7. The van der Waals surface area contributed by atoms with Crippen LogP contribution in [-0.2, 0) is 0 Å². The van der Waals surface area contributed by atoms with Crippen LogP contribution in [0.2, 0.25) is 0 Å². The van der Waals surface area contributed by atoms with Gasteiger partial charge in [0.1, 0.15) is 0 Å². The van der Waals surface area contributed by atoms with Gasteiger partial charge in [-0.15, -0.1) is 0 Å². The Labute approximate surface area is 197 Å². The summed E-state index contributed by atoms with van der Waals surface area (Å²) >= 11 is 0. The predicted octanol–water partition coefficient (Wildman–Crippen LogP) is 6.53. The lowest BCUT2D eigenvalue weighted by Gasteiger charge is -2.17. The number of hydrogen-bond acceptors (Lipinski definition) is 3. The standard InChI is InChI=1S/C31H20O3/c32-29(21-12-4-1-5-13-21)26-20-24-18-10-11-19-25(24)27(30(33)22-14-6-2-7-15-22)28(26)31(34)23-16-8-3-9-17-23/h1-20H. The van der Waals surface area contributed by atoms with E-state index in [0.717, 1.165) is 5.39 Å². The molecule has 0 saturated heterocycles. The Morgan fingerprint density at radius 3 is 1.35 bits per heavy atom. The number of benzene rings is 5. The largest absolute Gasteiger partial charge is 0.289 e. The third kappa shape index (κ3) is 3.84. The second kappa shape index (κ2) is 9.08. The molecular formula is C31H20O3. The molecular weight excluding hydrogens is 420 g/mol. The topological polar surface area (TPSA) is 51.2 Å². The molecule has 0 fully saturated rings. The molecule has 0 aromatic heterocycles. The Kier molecular flexibility index (Phi) is 5.67. The summed E-state index contributed by atoms with van der Waals surface area (Å²) in [6.45, 7) is 0. The molecule has 3 heteroatoms. The highest BCUT2D eigenvalue weighted by atomic mass is 16.1. The van der Waals surface area contributed by atoms with E-state index in [0.29, 0.717) is 22.1 Å². The Hall–Kier alpha value is -4.63. The summed E-state index contributed by atoms with van der Waals surface area (Å²) in [5, 5.41) is 1.37. The van der Waals surface area contributed by atoms with E-state index >= 15 is 0 Å². The molecule has 0 bridgehead atoms. The van der Waals surface area contributed by atoms with Gasteiger partial charge in [0.25, 0.3) is 0 Å². The molecule has 162 valence electrons. The van der Waals surface area contributed by atoms with Crippen LogP contribution in [0.4, 0.5) is 0 Å². The SMILES string of the molecule is O=C(c1ccccc1)c1cc2ccccc2c(C(=O)c2ccccc2)c1C(=O)c1ccccc1. The number of fused-ring (bicyclic) bond motifs is 1. The highest BCUT2D eigenvalue weighted by Gasteiger charge is 2.28. The Bertz CT molecular complexity index is 1520. The number of ketones is 3. The molecule has 0 aliphatic heterocycles. The van der Waals surface area contributed by atoms with Crippen LogP contribution in [0.3, 0.4) is 0 Å². The maximum atomic E-state index is 13.9. The fourth-order valence-corrected chi connectivity index (χ4v) is 4.21. The van der Waals surface area contributed by atoms with Gasteiger partial charge in [-0.2, -0.15) is 0 Å². The highest BCUT2D eigenvalue weighted by Crippen LogP contribution is 2.32. The molecule has 0 amide bonds. The van der Waals surface area contributed by atoms with Crippen molar-refractivity contribution in [1.82, 2.24) is 0 Å². The van der Waals surface area contributed by atoms with Crippen LogP contribution >= 0.6 is 0 Å². The van der Waals surface area contributed by atoms with Gasteiger partial charge in [0.2, 0.25) is 0 Å².